The Morgan fingerprint density at radius 2 is 1.79 bits per heavy atom. The molecule has 0 saturated heterocycles. The Morgan fingerprint density at radius 1 is 1.00 bits per heavy atom. The third kappa shape index (κ3) is 5.41. The van der Waals surface area contributed by atoms with Gasteiger partial charge in [-0.2, -0.15) is 0 Å². The van der Waals surface area contributed by atoms with Crippen molar-refractivity contribution in [1.29, 1.82) is 0 Å². The monoisotopic (exact) mass is 441 g/mol. The Hall–Kier alpha value is -2.74. The summed E-state index contributed by atoms with van der Waals surface area (Å²) >= 11 is 8.74. The van der Waals surface area contributed by atoms with Crippen LogP contribution >= 0.6 is 34.3 Å². The zero-order chi connectivity index (χ0) is 20.1. The minimum atomic E-state index is -0.144. The van der Waals surface area contributed by atoms with Crippen LogP contribution in [0.25, 0.3) is 11.3 Å². The number of hydrogen-bond donors (Lipinski definition) is 1. The molecule has 0 aliphatic heterocycles. The molecule has 1 amide bonds. The number of benzene rings is 2. The van der Waals surface area contributed by atoms with Crippen LogP contribution in [0.4, 0.5) is 5.13 Å². The summed E-state index contributed by atoms with van der Waals surface area (Å²) in [6.07, 6.45) is 0.192. The summed E-state index contributed by atoms with van der Waals surface area (Å²) in [5.41, 5.74) is 2.58. The summed E-state index contributed by atoms with van der Waals surface area (Å²) in [5.74, 6) is 0.580. The number of nitrogens with one attached hydrogen (secondary N) is 1. The second-order valence-electron chi connectivity index (χ2n) is 6.10. The highest BCUT2D eigenvalue weighted by Crippen LogP contribution is 2.25. The number of carbonyl (C=O) groups is 1. The standard InChI is InChI=1S/C21H16ClN3O2S2/c22-15-6-8-17(9-7-15)27-11-20-23-16(12-28-20)10-19(26)25-21-24-18(13-29-21)14-4-2-1-3-5-14/h1-9,12-13H,10-11H2,(H,24,25,26). The van der Waals surface area contributed by atoms with E-state index in [-0.39, 0.29) is 12.3 Å². The van der Waals surface area contributed by atoms with Gasteiger partial charge in [-0.3, -0.25) is 4.79 Å². The average Bonchev–Trinajstić information content (AvgIpc) is 3.38. The highest BCUT2D eigenvalue weighted by molar-refractivity contribution is 7.14. The molecule has 0 bridgehead atoms. The van der Waals surface area contributed by atoms with Crippen LogP contribution in [0.3, 0.4) is 0 Å². The highest BCUT2D eigenvalue weighted by atomic mass is 35.5. The molecule has 0 aliphatic carbocycles. The maximum atomic E-state index is 12.3. The van der Waals surface area contributed by atoms with E-state index in [1.54, 1.807) is 12.1 Å². The second kappa shape index (κ2) is 9.17. The van der Waals surface area contributed by atoms with E-state index in [4.69, 9.17) is 16.3 Å². The Balaban J connectivity index is 1.30. The molecule has 0 spiro atoms. The largest absolute Gasteiger partial charge is 0.486 e. The summed E-state index contributed by atoms with van der Waals surface area (Å²) < 4.78 is 5.69. The summed E-state index contributed by atoms with van der Waals surface area (Å²) in [6, 6.07) is 17.0. The highest BCUT2D eigenvalue weighted by Gasteiger charge is 2.11. The van der Waals surface area contributed by atoms with Crippen molar-refractivity contribution >= 4 is 45.3 Å². The molecule has 1 N–H and O–H groups in total. The van der Waals surface area contributed by atoms with Gasteiger partial charge in [0.25, 0.3) is 0 Å². The number of rotatable bonds is 7. The average molecular weight is 442 g/mol. The predicted molar refractivity (Wildman–Crippen MR) is 118 cm³/mol. The van der Waals surface area contributed by atoms with Crippen LogP contribution in [0.1, 0.15) is 10.7 Å². The molecule has 0 radical (unpaired) electrons. The first-order valence-electron chi connectivity index (χ1n) is 8.78. The first-order valence-corrected chi connectivity index (χ1v) is 10.9. The summed E-state index contributed by atoms with van der Waals surface area (Å²) in [4.78, 5) is 21.3. The molecule has 0 saturated carbocycles. The number of anilines is 1. The molecule has 0 fully saturated rings. The molecule has 2 aromatic carbocycles. The number of aromatic nitrogens is 2. The third-order valence-corrected chi connectivity index (χ3v) is 5.82. The third-order valence-electron chi connectivity index (χ3n) is 3.94. The van der Waals surface area contributed by atoms with Crippen molar-refractivity contribution in [2.45, 2.75) is 13.0 Å². The van der Waals surface area contributed by atoms with Crippen LogP contribution in [-0.2, 0) is 17.8 Å². The lowest BCUT2D eigenvalue weighted by Gasteiger charge is -2.03. The van der Waals surface area contributed by atoms with E-state index >= 15 is 0 Å². The van der Waals surface area contributed by atoms with Crippen LogP contribution < -0.4 is 10.1 Å². The molecule has 2 aromatic heterocycles. The van der Waals surface area contributed by atoms with Gasteiger partial charge in [-0.1, -0.05) is 41.9 Å². The van der Waals surface area contributed by atoms with Crippen LogP contribution in [-0.4, -0.2) is 15.9 Å². The fourth-order valence-corrected chi connectivity index (χ4v) is 4.14. The number of amides is 1. The van der Waals surface area contributed by atoms with Gasteiger partial charge in [-0.25, -0.2) is 9.97 Å². The van der Waals surface area contributed by atoms with Crippen LogP contribution in [0, 0.1) is 0 Å². The number of halogens is 1. The van der Waals surface area contributed by atoms with Crippen molar-refractivity contribution in [3.05, 3.63) is 81.1 Å². The maximum absolute atomic E-state index is 12.3. The Bertz CT molecular complexity index is 1090. The minimum absolute atomic E-state index is 0.144. The summed E-state index contributed by atoms with van der Waals surface area (Å²) in [6.45, 7) is 0.348. The van der Waals surface area contributed by atoms with E-state index < -0.39 is 0 Å². The van der Waals surface area contributed by atoms with Crippen molar-refractivity contribution in [2.24, 2.45) is 0 Å². The van der Waals surface area contributed by atoms with Gasteiger partial charge in [0.15, 0.2) is 5.13 Å². The topological polar surface area (TPSA) is 64.1 Å². The summed E-state index contributed by atoms with van der Waals surface area (Å²) in [5, 5.41) is 8.70. The molecule has 0 aliphatic rings. The van der Waals surface area contributed by atoms with Crippen molar-refractivity contribution in [2.75, 3.05) is 5.32 Å². The second-order valence-corrected chi connectivity index (χ2v) is 8.34. The van der Waals surface area contributed by atoms with Gasteiger partial charge in [0, 0.05) is 21.3 Å². The molecule has 5 nitrogen and oxygen atoms in total. The van der Waals surface area contributed by atoms with E-state index in [1.165, 1.54) is 22.7 Å². The summed E-state index contributed by atoms with van der Waals surface area (Å²) in [7, 11) is 0. The first kappa shape index (κ1) is 19.6. The van der Waals surface area contributed by atoms with E-state index in [2.05, 4.69) is 15.3 Å². The zero-order valence-electron chi connectivity index (χ0n) is 15.2. The molecule has 0 atom stereocenters. The Morgan fingerprint density at radius 3 is 2.59 bits per heavy atom. The predicted octanol–water partition coefficient (Wildman–Crippen LogP) is 5.68. The van der Waals surface area contributed by atoms with Gasteiger partial charge in [-0.05, 0) is 24.3 Å². The van der Waals surface area contributed by atoms with E-state index in [9.17, 15) is 4.79 Å². The van der Waals surface area contributed by atoms with Gasteiger partial charge in [0.05, 0.1) is 17.8 Å². The lowest BCUT2D eigenvalue weighted by molar-refractivity contribution is -0.115. The number of nitrogens with zero attached hydrogens (tertiary/aromatic N) is 2. The first-order chi connectivity index (χ1) is 14.2. The van der Waals surface area contributed by atoms with E-state index in [0.717, 1.165) is 22.0 Å². The minimum Gasteiger partial charge on any atom is -0.486 e. The normalized spacial score (nSPS) is 10.7. The van der Waals surface area contributed by atoms with Crippen LogP contribution in [0.5, 0.6) is 5.75 Å². The Labute approximate surface area is 181 Å². The molecule has 0 unspecified atom stereocenters. The zero-order valence-corrected chi connectivity index (χ0v) is 17.6. The lowest BCUT2D eigenvalue weighted by Crippen LogP contribution is -2.14. The van der Waals surface area contributed by atoms with Crippen molar-refractivity contribution in [3.63, 3.8) is 0 Å². The molecule has 4 rings (SSSR count). The van der Waals surface area contributed by atoms with E-state index in [0.29, 0.717) is 22.5 Å². The van der Waals surface area contributed by atoms with Gasteiger partial charge < -0.3 is 10.1 Å². The molecule has 2 heterocycles. The van der Waals surface area contributed by atoms with Crippen molar-refractivity contribution < 1.29 is 9.53 Å². The lowest BCUT2D eigenvalue weighted by atomic mass is 10.2. The molecule has 4 aromatic rings. The van der Waals surface area contributed by atoms with Gasteiger partial charge in [0.2, 0.25) is 5.91 Å². The molecular weight excluding hydrogens is 426 g/mol. The number of thiazole rings is 2. The number of hydrogen-bond acceptors (Lipinski definition) is 6. The quantitative estimate of drug-likeness (QED) is 0.400. The number of ether oxygens (including phenoxy) is 1. The van der Waals surface area contributed by atoms with Gasteiger partial charge >= 0.3 is 0 Å². The SMILES string of the molecule is O=C(Cc1csc(COc2ccc(Cl)cc2)n1)Nc1nc(-c2ccccc2)cs1. The van der Waals surface area contributed by atoms with Gasteiger partial charge in [-0.15, -0.1) is 22.7 Å². The van der Waals surface area contributed by atoms with Crippen LogP contribution in [0.15, 0.2) is 65.4 Å². The van der Waals surface area contributed by atoms with Crippen molar-refractivity contribution in [1.82, 2.24) is 9.97 Å². The Kier molecular flexibility index (Phi) is 6.19. The number of carbonyl (C=O) groups excluding carboxylic acids is 1. The molecular formula is C21H16ClN3O2S2. The van der Waals surface area contributed by atoms with Gasteiger partial charge in [0.1, 0.15) is 17.4 Å². The fraction of sp³-hybridized carbons (Fsp3) is 0.0952. The van der Waals surface area contributed by atoms with Crippen molar-refractivity contribution in [3.8, 4) is 17.0 Å². The molecule has 29 heavy (non-hydrogen) atoms. The maximum Gasteiger partial charge on any atom is 0.232 e. The smallest absolute Gasteiger partial charge is 0.232 e. The molecule has 146 valence electrons. The fourth-order valence-electron chi connectivity index (χ4n) is 2.57. The van der Waals surface area contributed by atoms with Crippen LogP contribution in [0.2, 0.25) is 5.02 Å². The van der Waals surface area contributed by atoms with E-state index in [1.807, 2.05) is 53.2 Å². The molecule has 8 heteroatoms.